The van der Waals surface area contributed by atoms with E-state index in [1.165, 1.54) is 18.1 Å². The van der Waals surface area contributed by atoms with E-state index in [2.05, 4.69) is 25.6 Å². The summed E-state index contributed by atoms with van der Waals surface area (Å²) in [4.78, 5) is 33.3. The molecule has 0 aliphatic carbocycles. The number of aliphatic hydroxyl groups is 1. The minimum Gasteiger partial charge on any atom is -0.369 e. The predicted octanol–water partition coefficient (Wildman–Crippen LogP) is -2.23. The first-order valence-corrected chi connectivity index (χ1v) is 7.01. The van der Waals surface area contributed by atoms with Gasteiger partial charge in [-0.05, 0) is 0 Å². The summed E-state index contributed by atoms with van der Waals surface area (Å²) in [6, 6.07) is -0.498. The summed E-state index contributed by atoms with van der Waals surface area (Å²) in [6.45, 7) is -0.0666. The first-order valence-electron chi connectivity index (χ1n) is 6.02. The van der Waals surface area contributed by atoms with E-state index in [9.17, 15) is 14.7 Å². The molecule has 2 heterocycles. The van der Waals surface area contributed by atoms with Crippen LogP contribution in [0.15, 0.2) is 15.0 Å². The van der Waals surface area contributed by atoms with Gasteiger partial charge in [0, 0.05) is 12.3 Å². The van der Waals surface area contributed by atoms with Gasteiger partial charge in [-0.15, -0.1) is 0 Å². The van der Waals surface area contributed by atoms with Gasteiger partial charge in [0.15, 0.2) is 17.4 Å². The van der Waals surface area contributed by atoms with Crippen LogP contribution in [0.5, 0.6) is 0 Å². The van der Waals surface area contributed by atoms with E-state index in [4.69, 9.17) is 5.21 Å². The maximum absolute atomic E-state index is 11.3. The number of nitrogens with one attached hydrogen (secondary N) is 2. The number of hydrogen-bond acceptors (Lipinski definition) is 9. The predicted molar refractivity (Wildman–Crippen MR) is 76.3 cm³/mol. The summed E-state index contributed by atoms with van der Waals surface area (Å²) in [5, 5.41) is 24.8. The molecule has 10 nitrogen and oxygen atoms in total. The third kappa shape index (κ3) is 4.24. The summed E-state index contributed by atoms with van der Waals surface area (Å²) >= 11 is 1.35. The Morgan fingerprint density at radius 1 is 1.62 bits per heavy atom. The molecular weight excluding hydrogens is 300 g/mol. The molecule has 0 saturated heterocycles. The Labute approximate surface area is 124 Å². The zero-order valence-corrected chi connectivity index (χ0v) is 11.7. The van der Waals surface area contributed by atoms with Crippen molar-refractivity contribution in [1.29, 1.82) is 0 Å². The molecule has 0 saturated carbocycles. The van der Waals surface area contributed by atoms with Crippen molar-refractivity contribution in [2.45, 2.75) is 12.3 Å². The fourth-order valence-electron chi connectivity index (χ4n) is 1.62. The highest BCUT2D eigenvalue weighted by Gasteiger charge is 2.32. The van der Waals surface area contributed by atoms with Crippen molar-refractivity contribution >= 4 is 41.4 Å². The van der Waals surface area contributed by atoms with Gasteiger partial charge in [-0.1, -0.05) is 11.8 Å². The van der Waals surface area contributed by atoms with E-state index in [1.54, 1.807) is 0 Å². The summed E-state index contributed by atoms with van der Waals surface area (Å²) in [7, 11) is 0. The number of fused-ring (bicyclic) bond motifs is 1. The second kappa shape index (κ2) is 7.15. The molecule has 0 fully saturated rings. The van der Waals surface area contributed by atoms with E-state index >= 15 is 0 Å². The molecule has 2 amide bonds. The van der Waals surface area contributed by atoms with Crippen LogP contribution >= 0.6 is 11.8 Å². The average molecular weight is 314 g/mol. The normalized spacial score (nSPS) is 22.8. The molecule has 11 heteroatoms. The minimum absolute atomic E-state index is 0.154. The van der Waals surface area contributed by atoms with E-state index in [0.29, 0.717) is 23.3 Å². The molecule has 2 unspecified atom stereocenters. The molecule has 2 atom stereocenters. The summed E-state index contributed by atoms with van der Waals surface area (Å²) < 4.78 is 0. The Bertz CT molecular complexity index is 508. The maximum Gasteiger partial charge on any atom is 0.242 e. The molecule has 2 aliphatic rings. The number of hydroxylamine groups is 2. The summed E-state index contributed by atoms with van der Waals surface area (Å²) in [5.41, 5.74) is 0. The van der Waals surface area contributed by atoms with Gasteiger partial charge in [0.05, 0.1) is 0 Å². The van der Waals surface area contributed by atoms with E-state index < -0.39 is 24.7 Å². The highest BCUT2D eigenvalue weighted by molar-refractivity contribution is 8.13. The van der Waals surface area contributed by atoms with Crippen molar-refractivity contribution in [1.82, 2.24) is 15.7 Å². The molecule has 0 aromatic heterocycles. The molecule has 0 aromatic rings. The van der Waals surface area contributed by atoms with Crippen molar-refractivity contribution in [3.8, 4) is 0 Å². The fourth-order valence-corrected chi connectivity index (χ4v) is 2.38. The smallest absolute Gasteiger partial charge is 0.242 e. The third-order valence-corrected chi connectivity index (χ3v) is 3.45. The number of amidine groups is 2. The van der Waals surface area contributed by atoms with E-state index in [0.717, 1.165) is 0 Å². The van der Waals surface area contributed by atoms with Gasteiger partial charge in [-0.2, -0.15) is 0 Å². The number of aliphatic hydroxyl groups excluding tert-OH is 1. The summed E-state index contributed by atoms with van der Waals surface area (Å²) in [5.74, 6) is 0.612. The molecular formula is C10H14N6O4S. The van der Waals surface area contributed by atoms with Gasteiger partial charge in [0.1, 0.15) is 18.7 Å². The quantitative estimate of drug-likeness (QED) is 0.189. The fraction of sp³-hybridized carbons (Fsp3) is 0.500. The van der Waals surface area contributed by atoms with Crippen molar-refractivity contribution < 1.29 is 19.9 Å². The summed E-state index contributed by atoms with van der Waals surface area (Å²) in [6.07, 6.45) is 0.503. The average Bonchev–Trinajstić information content (AvgIpc) is 2.88. The highest BCUT2D eigenvalue weighted by Crippen LogP contribution is 2.16. The minimum atomic E-state index is -0.929. The second-order valence-electron chi connectivity index (χ2n) is 4.10. The van der Waals surface area contributed by atoms with E-state index in [1.807, 2.05) is 0 Å². The first-order chi connectivity index (χ1) is 10.1. The van der Waals surface area contributed by atoms with Crippen LogP contribution in [0.2, 0.25) is 0 Å². The Hall–Kier alpha value is -1.98. The maximum atomic E-state index is 11.3. The molecule has 2 rings (SSSR count). The lowest BCUT2D eigenvalue weighted by molar-refractivity contribution is -0.155. The first kappa shape index (κ1) is 15.4. The monoisotopic (exact) mass is 314 g/mol. The van der Waals surface area contributed by atoms with E-state index in [-0.39, 0.29) is 11.5 Å². The molecule has 0 radical (unpaired) electrons. The van der Waals surface area contributed by atoms with Crippen molar-refractivity contribution in [3.05, 3.63) is 0 Å². The zero-order chi connectivity index (χ0) is 15.2. The number of carbonyl (C=O) groups excluding carboxylic acids is 2. The van der Waals surface area contributed by atoms with Gasteiger partial charge < -0.3 is 15.7 Å². The Kier molecular flexibility index (Phi) is 5.25. The molecule has 0 spiro atoms. The Balaban J connectivity index is 1.67. The topological polar surface area (TPSA) is 139 Å². The number of thioether (sulfide) groups is 1. The van der Waals surface area contributed by atoms with Crippen LogP contribution in [0.4, 0.5) is 0 Å². The number of aliphatic imine (C=N–C) groups is 3. The molecule has 21 heavy (non-hydrogen) atoms. The van der Waals surface area contributed by atoms with Gasteiger partial charge in [0.25, 0.3) is 0 Å². The molecule has 4 N–H and O–H groups in total. The van der Waals surface area contributed by atoms with Crippen LogP contribution < -0.4 is 10.6 Å². The molecule has 0 aromatic carbocycles. The zero-order valence-electron chi connectivity index (χ0n) is 10.8. The number of amides is 2. The highest BCUT2D eigenvalue weighted by atomic mass is 32.2. The van der Waals surface area contributed by atoms with Gasteiger partial charge >= 0.3 is 0 Å². The van der Waals surface area contributed by atoms with Crippen LogP contribution in [0.3, 0.4) is 0 Å². The van der Waals surface area contributed by atoms with Gasteiger partial charge in [0.2, 0.25) is 12.3 Å². The number of hydrogen-bond donors (Lipinski definition) is 4. The lowest BCUT2D eigenvalue weighted by Crippen LogP contribution is -2.37. The van der Waals surface area contributed by atoms with Crippen molar-refractivity contribution in [2.24, 2.45) is 15.0 Å². The Morgan fingerprint density at radius 3 is 3.14 bits per heavy atom. The number of carbonyl (C=O) groups is 2. The lowest BCUT2D eigenvalue weighted by atomic mass is 10.2. The van der Waals surface area contributed by atoms with Gasteiger partial charge in [-0.25, -0.2) is 20.0 Å². The number of nitrogens with zero attached hydrogens (tertiary/aromatic N) is 4. The Morgan fingerprint density at radius 2 is 2.43 bits per heavy atom. The van der Waals surface area contributed by atoms with Gasteiger partial charge in [-0.3, -0.25) is 14.8 Å². The molecule has 2 aliphatic heterocycles. The third-order valence-electron chi connectivity index (χ3n) is 2.56. The van der Waals surface area contributed by atoms with Crippen molar-refractivity contribution in [2.75, 3.05) is 18.8 Å². The van der Waals surface area contributed by atoms with Crippen LogP contribution in [0.1, 0.15) is 0 Å². The number of rotatable bonds is 6. The molecule has 114 valence electrons. The standard InChI is InChI=1S/C10H14N6O4S/c17-5-16(20)3-6(18)11-1-2-21-10-14-7-8(15-10)12-4-13-9(7)19/h4-5,7,9,19-20H,1-3H2,(H,11,18)(H,12,13,14,15). The van der Waals surface area contributed by atoms with Crippen molar-refractivity contribution in [3.63, 3.8) is 0 Å². The molecule has 0 bridgehead atoms. The van der Waals surface area contributed by atoms with Crippen LogP contribution in [-0.4, -0.2) is 76.1 Å². The second-order valence-corrected chi connectivity index (χ2v) is 5.18. The largest absolute Gasteiger partial charge is 0.369 e. The SMILES string of the molecule is O=CN(O)CC(=O)NCCSC1=NC2C(=NC=NC2O)N1. The van der Waals surface area contributed by atoms with Crippen LogP contribution in [0.25, 0.3) is 0 Å². The van der Waals surface area contributed by atoms with Crippen LogP contribution in [0, 0.1) is 0 Å². The lowest BCUT2D eigenvalue weighted by Gasteiger charge is -2.13. The van der Waals surface area contributed by atoms with Crippen LogP contribution in [-0.2, 0) is 9.59 Å².